The summed E-state index contributed by atoms with van der Waals surface area (Å²) in [7, 11) is 0. The molecule has 0 unspecified atom stereocenters. The fourth-order valence-corrected chi connectivity index (χ4v) is 14.1. The minimum atomic E-state index is -0.144. The van der Waals surface area contributed by atoms with Crippen molar-refractivity contribution in [2.45, 2.75) is 90.9 Å². The van der Waals surface area contributed by atoms with Crippen LogP contribution in [0, 0.1) is 0 Å². The molecule has 0 saturated heterocycles. The highest BCUT2D eigenvalue weighted by molar-refractivity contribution is 7.25. The molecule has 0 radical (unpaired) electrons. The summed E-state index contributed by atoms with van der Waals surface area (Å²) in [6, 6.07) is 55.3. The van der Waals surface area contributed by atoms with E-state index in [0.717, 1.165) is 0 Å². The Morgan fingerprint density at radius 3 is 1.89 bits per heavy atom. The fourth-order valence-electron chi connectivity index (χ4n) is 13.0. The Morgan fingerprint density at radius 2 is 1.15 bits per heavy atom. The van der Waals surface area contributed by atoms with Gasteiger partial charge >= 0.3 is 6.85 Å². The number of benzene rings is 8. The summed E-state index contributed by atoms with van der Waals surface area (Å²) < 4.78 is 5.38. The van der Waals surface area contributed by atoms with Crippen LogP contribution in [0.4, 0.5) is 11.4 Å². The molecule has 320 valence electrons. The molecule has 0 saturated carbocycles. The van der Waals surface area contributed by atoms with E-state index in [1.165, 1.54) is 137 Å². The van der Waals surface area contributed by atoms with Crippen molar-refractivity contribution in [1.82, 2.24) is 4.57 Å². The second-order valence-corrected chi connectivity index (χ2v) is 24.0. The summed E-state index contributed by atoms with van der Waals surface area (Å²) in [4.78, 5) is 2.74. The van der Waals surface area contributed by atoms with E-state index in [2.05, 4.69) is 218 Å². The van der Waals surface area contributed by atoms with Crippen LogP contribution in [0.3, 0.4) is 0 Å². The number of thiophene rings is 1. The Kier molecular flexibility index (Phi) is 7.27. The maximum Gasteiger partial charge on any atom is 0.333 e. The molecule has 4 heterocycles. The second-order valence-electron chi connectivity index (χ2n) is 22.9. The largest absolute Gasteiger partial charge is 0.376 e. The molecule has 2 aromatic heterocycles. The van der Waals surface area contributed by atoms with Crippen molar-refractivity contribution in [2.24, 2.45) is 0 Å². The minimum Gasteiger partial charge on any atom is -0.376 e. The van der Waals surface area contributed by atoms with Gasteiger partial charge in [-0.25, -0.2) is 0 Å². The van der Waals surface area contributed by atoms with E-state index < -0.39 is 0 Å². The van der Waals surface area contributed by atoms with Gasteiger partial charge in [-0.3, -0.25) is 0 Å². The van der Waals surface area contributed by atoms with Crippen LogP contribution in [0.5, 0.6) is 0 Å². The van der Waals surface area contributed by atoms with Crippen molar-refractivity contribution in [2.75, 3.05) is 4.81 Å². The second kappa shape index (κ2) is 12.3. The molecule has 2 nitrogen and oxygen atoms in total. The van der Waals surface area contributed by atoms with E-state index in [0.29, 0.717) is 0 Å². The summed E-state index contributed by atoms with van der Waals surface area (Å²) >= 11 is 1.93. The van der Waals surface area contributed by atoms with Crippen LogP contribution >= 0.6 is 11.3 Å². The zero-order valence-electron chi connectivity index (χ0n) is 39.7. The highest BCUT2D eigenvalue weighted by Crippen LogP contribution is 2.56. The Hall–Kier alpha value is -6.36. The summed E-state index contributed by atoms with van der Waals surface area (Å²) in [5.74, 6) is 0. The Balaban J connectivity index is 1.16. The first-order valence-electron chi connectivity index (χ1n) is 24.0. The topological polar surface area (TPSA) is 8.17 Å². The third kappa shape index (κ3) is 4.78. The van der Waals surface area contributed by atoms with Gasteiger partial charge in [0.2, 0.25) is 0 Å². The maximum absolute atomic E-state index is 2.74. The lowest BCUT2D eigenvalue weighted by molar-refractivity contribution is 0.590. The molecule has 10 aromatic rings. The molecule has 2 aliphatic heterocycles. The van der Waals surface area contributed by atoms with Crippen molar-refractivity contribution >= 4 is 82.5 Å². The number of aromatic nitrogens is 1. The van der Waals surface area contributed by atoms with E-state index in [1.807, 2.05) is 11.3 Å². The van der Waals surface area contributed by atoms with Crippen molar-refractivity contribution in [1.29, 1.82) is 0 Å². The van der Waals surface area contributed by atoms with Gasteiger partial charge in [-0.05, 0) is 131 Å². The molecular weight excluding hydrogens is 816 g/mol. The number of fused-ring (bicyclic) bond motifs is 18. The van der Waals surface area contributed by atoms with Gasteiger partial charge in [0.15, 0.2) is 0 Å². The number of anilines is 2. The molecule has 0 N–H and O–H groups in total. The van der Waals surface area contributed by atoms with Gasteiger partial charge in [-0.1, -0.05) is 160 Å². The smallest absolute Gasteiger partial charge is 0.333 e. The van der Waals surface area contributed by atoms with Gasteiger partial charge in [-0.2, -0.15) is 0 Å². The quantitative estimate of drug-likeness (QED) is 0.149. The Morgan fingerprint density at radius 1 is 0.485 bits per heavy atom. The molecule has 66 heavy (non-hydrogen) atoms. The molecule has 0 amide bonds. The van der Waals surface area contributed by atoms with Crippen LogP contribution in [0.25, 0.3) is 81.0 Å². The molecule has 14 rings (SSSR count). The lowest BCUT2D eigenvalue weighted by atomic mass is 9.43. The van der Waals surface area contributed by atoms with Crippen molar-refractivity contribution in [3.8, 4) is 39.1 Å². The van der Waals surface area contributed by atoms with Gasteiger partial charge in [0, 0.05) is 64.4 Å². The zero-order valence-corrected chi connectivity index (χ0v) is 40.5. The zero-order chi connectivity index (χ0) is 45.1. The van der Waals surface area contributed by atoms with Crippen LogP contribution in [0.15, 0.2) is 140 Å². The monoisotopic (exact) mass is 868 g/mol. The summed E-state index contributed by atoms with van der Waals surface area (Å²) in [5.41, 5.74) is 25.5. The summed E-state index contributed by atoms with van der Waals surface area (Å²) in [6.45, 7) is 23.6. The van der Waals surface area contributed by atoms with Crippen LogP contribution in [0.2, 0.25) is 0 Å². The highest BCUT2D eigenvalue weighted by Gasteiger charge is 2.47. The average Bonchev–Trinajstić information content (AvgIpc) is 3.97. The number of hydrogen-bond acceptors (Lipinski definition) is 2. The molecule has 0 bridgehead atoms. The van der Waals surface area contributed by atoms with Crippen molar-refractivity contribution in [3.05, 3.63) is 173 Å². The van der Waals surface area contributed by atoms with Crippen LogP contribution in [0.1, 0.15) is 103 Å². The van der Waals surface area contributed by atoms with Gasteiger partial charge in [-0.15, -0.1) is 11.3 Å². The Labute approximate surface area is 392 Å². The van der Waals surface area contributed by atoms with E-state index in [1.54, 1.807) is 0 Å². The lowest BCUT2D eigenvalue weighted by Gasteiger charge is -2.42. The van der Waals surface area contributed by atoms with Gasteiger partial charge in [0.05, 0.1) is 11.0 Å². The fraction of sp³-hybridized carbons (Fsp3) is 0.226. The van der Waals surface area contributed by atoms with Crippen LogP contribution in [-0.4, -0.2) is 11.4 Å². The molecule has 4 heteroatoms. The van der Waals surface area contributed by atoms with E-state index in [-0.39, 0.29) is 28.5 Å². The minimum absolute atomic E-state index is 0.0379. The van der Waals surface area contributed by atoms with Crippen LogP contribution in [-0.2, 0) is 21.7 Å². The average molecular weight is 869 g/mol. The van der Waals surface area contributed by atoms with Crippen LogP contribution < -0.4 is 15.7 Å². The van der Waals surface area contributed by atoms with E-state index >= 15 is 0 Å². The highest BCUT2D eigenvalue weighted by atomic mass is 32.1. The molecule has 8 aromatic carbocycles. The first-order chi connectivity index (χ1) is 31.5. The number of rotatable bonds is 1. The first-order valence-corrected chi connectivity index (χ1v) is 24.8. The predicted molar refractivity (Wildman–Crippen MR) is 285 cm³/mol. The summed E-state index contributed by atoms with van der Waals surface area (Å²) in [5, 5.41) is 5.41. The molecule has 0 spiro atoms. The van der Waals surface area contributed by atoms with Crippen molar-refractivity contribution in [3.63, 3.8) is 0 Å². The summed E-state index contributed by atoms with van der Waals surface area (Å²) in [6.07, 6.45) is 0. The molecule has 2 aliphatic carbocycles. The van der Waals surface area contributed by atoms with Crippen molar-refractivity contribution < 1.29 is 0 Å². The third-order valence-electron chi connectivity index (χ3n) is 16.5. The number of hydrogen-bond donors (Lipinski definition) is 0. The number of nitrogens with zero attached hydrogens (tertiary/aromatic N) is 2. The van der Waals surface area contributed by atoms with E-state index in [9.17, 15) is 0 Å². The first kappa shape index (κ1) is 38.9. The Bertz CT molecular complexity index is 3840. The predicted octanol–water partition coefficient (Wildman–Crippen LogP) is 15.6. The maximum atomic E-state index is 2.74. The lowest BCUT2D eigenvalue weighted by Crippen LogP contribution is -2.60. The molecule has 4 aliphatic rings. The molecule has 0 fully saturated rings. The normalized spacial score (nSPS) is 15.9. The van der Waals surface area contributed by atoms with E-state index in [4.69, 9.17) is 0 Å². The third-order valence-corrected chi connectivity index (χ3v) is 17.6. The van der Waals surface area contributed by atoms with Gasteiger partial charge in [0.1, 0.15) is 0 Å². The standard InChI is InChI=1S/C62H53BN2S/c1-59(2,3)34-19-22-36(23-20-34)65-51-31-44-43-29-35(60(4,5)6)21-28-53(43)66-54(44)32-42(51)38-24-25-40-56-50(27-26-47-55(56)39-16-12-14-18-46(39)61(47,7)8)64-52-33-48-41(30-49(52)63(65)57(38)58(40)64)37-15-11-13-17-45(37)62(48,9)10/h11-33H,1-10H3. The SMILES string of the molecule is CC(C)(C)c1ccc(N2B3c4cc5c(cc4-n4c6ccc7c(c6c6ccc(c3c64)-c3cc4sc6ccc(C(C)(C)C)cc6c4cc32)-c2ccccc2C7(C)C)C(C)(C)c2ccccc2-5)cc1. The molecular formula is C62H53BN2S. The van der Waals surface area contributed by atoms with Gasteiger partial charge in [0.25, 0.3) is 0 Å². The van der Waals surface area contributed by atoms with Gasteiger partial charge < -0.3 is 9.38 Å². The molecule has 0 atom stereocenters.